The largest absolute Gasteiger partial charge is 0.481 e. The maximum Gasteiger partial charge on any atom is 0.410 e. The Balaban J connectivity index is 1.48. The fourth-order valence-electron chi connectivity index (χ4n) is 6.37. The number of carbonyl (C=O) groups is 2. The molecule has 0 bridgehead atoms. The van der Waals surface area contributed by atoms with Crippen molar-refractivity contribution in [1.29, 1.82) is 0 Å². The van der Waals surface area contributed by atoms with Crippen LogP contribution in [0.5, 0.6) is 5.88 Å². The van der Waals surface area contributed by atoms with Crippen molar-refractivity contribution in [3.05, 3.63) is 81.9 Å². The first kappa shape index (κ1) is 37.3. The number of nitrogens with zero attached hydrogens (tertiary/aromatic N) is 3. The quantitative estimate of drug-likeness (QED) is 0.236. The van der Waals surface area contributed by atoms with E-state index in [9.17, 15) is 23.5 Å². The van der Waals surface area contributed by atoms with Gasteiger partial charge in [-0.25, -0.2) is 14.6 Å². The van der Waals surface area contributed by atoms with Crippen LogP contribution in [-0.4, -0.2) is 76.6 Å². The zero-order chi connectivity index (χ0) is 37.0. The number of halogens is 3. The Morgan fingerprint density at radius 2 is 1.38 bits per heavy atom. The number of hydrogen-bond donors (Lipinski definition) is 1. The third-order valence-corrected chi connectivity index (χ3v) is 9.61. The molecule has 0 aliphatic carbocycles. The first-order valence-electron chi connectivity index (χ1n) is 16.6. The molecule has 12 heteroatoms. The molecule has 2 fully saturated rings. The van der Waals surface area contributed by atoms with Crippen molar-refractivity contribution in [2.24, 2.45) is 11.8 Å². The summed E-state index contributed by atoms with van der Waals surface area (Å²) < 4.78 is 45.8. The number of aliphatic hydroxyl groups is 1. The predicted octanol–water partition coefficient (Wildman–Crippen LogP) is 8.08. The highest BCUT2D eigenvalue weighted by Gasteiger charge is 2.56. The van der Waals surface area contributed by atoms with Crippen LogP contribution in [0.2, 0.25) is 5.02 Å². The molecule has 0 saturated carbocycles. The van der Waals surface area contributed by atoms with Gasteiger partial charge in [-0.05, 0) is 77.3 Å². The highest BCUT2D eigenvalue weighted by molar-refractivity contribution is 6.36. The molecule has 2 amide bonds. The van der Waals surface area contributed by atoms with Gasteiger partial charge in [-0.15, -0.1) is 0 Å². The van der Waals surface area contributed by atoms with Crippen LogP contribution in [0.25, 0.3) is 10.9 Å². The maximum absolute atomic E-state index is 14.5. The number of ether oxygens (including phenoxy) is 3. The number of likely N-dealkylation sites (tertiary alicyclic amines) is 2. The zero-order valence-corrected chi connectivity index (χ0v) is 30.7. The van der Waals surface area contributed by atoms with Crippen molar-refractivity contribution in [2.75, 3.05) is 33.3 Å². The van der Waals surface area contributed by atoms with Gasteiger partial charge >= 0.3 is 12.2 Å². The van der Waals surface area contributed by atoms with Crippen LogP contribution in [-0.2, 0) is 27.4 Å². The first-order valence-corrected chi connectivity index (χ1v) is 17.0. The number of alkyl halides is 2. The van der Waals surface area contributed by atoms with Gasteiger partial charge in [-0.2, -0.15) is 8.78 Å². The van der Waals surface area contributed by atoms with Crippen LogP contribution < -0.4 is 4.74 Å². The molecule has 1 N–H and O–H groups in total. The molecule has 0 spiro atoms. The van der Waals surface area contributed by atoms with Crippen molar-refractivity contribution in [1.82, 2.24) is 14.8 Å². The molecule has 1 aromatic heterocycles. The van der Waals surface area contributed by atoms with Crippen molar-refractivity contribution < 1.29 is 37.7 Å². The van der Waals surface area contributed by atoms with E-state index in [1.165, 1.54) is 26.2 Å². The molecule has 3 heterocycles. The third kappa shape index (κ3) is 7.39. The van der Waals surface area contributed by atoms with E-state index in [1.807, 2.05) is 0 Å². The second-order valence-corrected chi connectivity index (χ2v) is 15.7. The normalized spacial score (nSPS) is 16.2. The van der Waals surface area contributed by atoms with E-state index >= 15 is 0 Å². The van der Waals surface area contributed by atoms with E-state index < -0.39 is 34.9 Å². The van der Waals surface area contributed by atoms with Crippen molar-refractivity contribution >= 4 is 34.7 Å². The Kier molecular flexibility index (Phi) is 9.92. The lowest BCUT2D eigenvalue weighted by Crippen LogP contribution is -2.67. The highest BCUT2D eigenvalue weighted by Crippen LogP contribution is 2.47. The summed E-state index contributed by atoms with van der Waals surface area (Å²) in [7, 11) is 1.48. The van der Waals surface area contributed by atoms with Gasteiger partial charge in [0.25, 0.3) is 5.92 Å². The Morgan fingerprint density at radius 1 is 0.900 bits per heavy atom. The number of rotatable bonds is 8. The molecule has 0 atom stereocenters. The second-order valence-electron chi connectivity index (χ2n) is 15.4. The molecule has 2 aliphatic rings. The third-order valence-electron chi connectivity index (χ3n) is 9.18. The lowest BCUT2D eigenvalue weighted by Gasteiger charge is -2.55. The summed E-state index contributed by atoms with van der Waals surface area (Å²) in [5.41, 5.74) is -0.810. The maximum atomic E-state index is 14.5. The molecule has 270 valence electrons. The predicted molar refractivity (Wildman–Crippen MR) is 188 cm³/mol. The number of methoxy groups -OCH3 is 1. The Morgan fingerprint density at radius 3 is 1.82 bits per heavy atom. The number of carbonyl (C=O) groups excluding carboxylic acids is 2. The Bertz CT molecular complexity index is 1750. The van der Waals surface area contributed by atoms with Crippen LogP contribution in [0.15, 0.2) is 54.6 Å². The van der Waals surface area contributed by atoms with E-state index in [0.717, 1.165) is 0 Å². The summed E-state index contributed by atoms with van der Waals surface area (Å²) in [5, 5.41) is 13.6. The number of pyridine rings is 1. The molecule has 5 rings (SSSR count). The van der Waals surface area contributed by atoms with Crippen LogP contribution >= 0.6 is 11.6 Å². The van der Waals surface area contributed by atoms with Crippen LogP contribution in [0.1, 0.15) is 70.7 Å². The van der Waals surface area contributed by atoms with Gasteiger partial charge < -0.3 is 29.1 Å². The lowest BCUT2D eigenvalue weighted by atomic mass is 9.66. The highest BCUT2D eigenvalue weighted by atomic mass is 35.5. The standard InChI is InChI=1S/C38H46ClF2N3O6/c1-22(2)38(40,41)24-12-10-23(11-13-24)16-29-31(39)28-17-25(14-15-30(28)42-32(29)48-9)37(47,26-18-43(19-26)33(45)49-35(3,4)5)27-20-44(21-27)34(46)50-36(6,7)8/h10-15,17,26-27,47H,1,16,18-21H2,2-9H3. The van der Waals surface area contributed by atoms with Crippen molar-refractivity contribution in [2.45, 2.75) is 77.6 Å². The lowest BCUT2D eigenvalue weighted by molar-refractivity contribution is -0.159. The van der Waals surface area contributed by atoms with E-state index in [1.54, 1.807) is 81.7 Å². The zero-order valence-electron chi connectivity index (χ0n) is 29.9. The van der Waals surface area contributed by atoms with Gasteiger partial charge in [-0.1, -0.05) is 48.5 Å². The van der Waals surface area contributed by atoms with Gasteiger partial charge in [0.2, 0.25) is 5.88 Å². The van der Waals surface area contributed by atoms with Crippen LogP contribution in [0, 0.1) is 11.8 Å². The van der Waals surface area contributed by atoms with Gasteiger partial charge in [0, 0.05) is 60.9 Å². The number of amides is 2. The SMILES string of the molecule is C=C(C)C(F)(F)c1ccc(Cc2c(OC)nc3ccc(C(O)(C4CN(C(=O)OC(C)(C)C)C4)C4CN(C(=O)OC(C)(C)C)C4)cc3c2Cl)cc1. The van der Waals surface area contributed by atoms with Crippen LogP contribution in [0.4, 0.5) is 18.4 Å². The van der Waals surface area contributed by atoms with Gasteiger partial charge in [0.05, 0.1) is 17.6 Å². The smallest absolute Gasteiger partial charge is 0.410 e. The molecule has 0 unspecified atom stereocenters. The Labute approximate surface area is 297 Å². The van der Waals surface area contributed by atoms with Crippen molar-refractivity contribution in [3.63, 3.8) is 0 Å². The first-order chi connectivity index (χ1) is 23.1. The number of benzene rings is 2. The topological polar surface area (TPSA) is 101 Å². The summed E-state index contributed by atoms with van der Waals surface area (Å²) in [6.07, 6.45) is -0.669. The van der Waals surface area contributed by atoms with Crippen LogP contribution in [0.3, 0.4) is 0 Å². The molecule has 2 aromatic carbocycles. The average Bonchev–Trinajstić information content (AvgIpc) is 2.95. The minimum absolute atomic E-state index is 0.158. The summed E-state index contributed by atoms with van der Waals surface area (Å²) >= 11 is 7.08. The molecule has 9 nitrogen and oxygen atoms in total. The molecule has 2 saturated heterocycles. The summed E-state index contributed by atoms with van der Waals surface area (Å²) in [6.45, 7) is 16.5. The minimum Gasteiger partial charge on any atom is -0.481 e. The molecular formula is C38H46ClF2N3O6. The van der Waals surface area contributed by atoms with Gasteiger partial charge in [0.1, 0.15) is 16.8 Å². The number of aromatic nitrogens is 1. The summed E-state index contributed by atoms with van der Waals surface area (Å²) in [5.74, 6) is -3.58. The molecule has 0 radical (unpaired) electrons. The fraction of sp³-hybridized carbons (Fsp3) is 0.500. The van der Waals surface area contributed by atoms with E-state index in [-0.39, 0.29) is 55.6 Å². The van der Waals surface area contributed by atoms with E-state index in [4.69, 9.17) is 30.8 Å². The van der Waals surface area contributed by atoms with E-state index in [2.05, 4.69) is 6.58 Å². The average molecular weight is 714 g/mol. The summed E-state index contributed by atoms with van der Waals surface area (Å²) in [6, 6.07) is 11.3. The fourth-order valence-corrected chi connectivity index (χ4v) is 6.66. The molecule has 2 aliphatic heterocycles. The number of hydrogen-bond acceptors (Lipinski definition) is 7. The number of fused-ring (bicyclic) bond motifs is 1. The molecular weight excluding hydrogens is 668 g/mol. The van der Waals surface area contributed by atoms with Crippen molar-refractivity contribution in [3.8, 4) is 5.88 Å². The summed E-state index contributed by atoms with van der Waals surface area (Å²) in [4.78, 5) is 33.4. The van der Waals surface area contributed by atoms with Gasteiger partial charge in [-0.3, -0.25) is 0 Å². The second kappa shape index (κ2) is 13.3. The minimum atomic E-state index is -3.15. The molecule has 3 aromatic rings. The number of allylic oxidation sites excluding steroid dienone is 1. The monoisotopic (exact) mass is 713 g/mol. The molecule has 50 heavy (non-hydrogen) atoms. The Hall–Kier alpha value is -3.96. The van der Waals surface area contributed by atoms with Gasteiger partial charge in [0.15, 0.2) is 0 Å². The van der Waals surface area contributed by atoms with E-state index in [0.29, 0.717) is 38.5 Å².